The topological polar surface area (TPSA) is 29.9 Å². The molecule has 0 aliphatic rings. The van der Waals surface area contributed by atoms with Gasteiger partial charge in [0.05, 0.1) is 6.20 Å². The number of aryl methyl sites for hydroxylation is 2. The van der Waals surface area contributed by atoms with E-state index in [9.17, 15) is 0 Å². The minimum atomic E-state index is 0.333. The molecule has 1 N–H and O–H groups in total. The molecule has 1 aromatic carbocycles. The third-order valence-electron chi connectivity index (χ3n) is 3.78. The first kappa shape index (κ1) is 13.8. The molecule has 0 saturated heterocycles. The van der Waals surface area contributed by atoms with Gasteiger partial charge >= 0.3 is 0 Å². The standard InChI is InChI=1S/C16H23N3/c1-5-17-16(15-11-18-19(4)13(15)3)10-14-9-7-6-8-12(14)2/h6-9,11,16-17H,5,10H2,1-4H3. The molecule has 0 saturated carbocycles. The van der Waals surface area contributed by atoms with Gasteiger partial charge in [-0.15, -0.1) is 0 Å². The summed E-state index contributed by atoms with van der Waals surface area (Å²) in [4.78, 5) is 0. The van der Waals surface area contributed by atoms with E-state index in [1.54, 1.807) is 0 Å². The highest BCUT2D eigenvalue weighted by Crippen LogP contribution is 2.22. The molecule has 1 unspecified atom stereocenters. The number of hydrogen-bond donors (Lipinski definition) is 1. The van der Waals surface area contributed by atoms with Crippen LogP contribution in [0.1, 0.15) is 35.3 Å². The summed E-state index contributed by atoms with van der Waals surface area (Å²) in [5.74, 6) is 0. The summed E-state index contributed by atoms with van der Waals surface area (Å²) in [5.41, 5.74) is 5.29. The van der Waals surface area contributed by atoms with Crippen LogP contribution in [0.5, 0.6) is 0 Å². The summed E-state index contributed by atoms with van der Waals surface area (Å²) in [6.45, 7) is 7.42. The number of benzene rings is 1. The molecule has 19 heavy (non-hydrogen) atoms. The van der Waals surface area contributed by atoms with Gasteiger partial charge in [-0.3, -0.25) is 4.68 Å². The monoisotopic (exact) mass is 257 g/mol. The summed E-state index contributed by atoms with van der Waals surface area (Å²) in [6, 6.07) is 8.93. The molecule has 1 heterocycles. The van der Waals surface area contributed by atoms with Gasteiger partial charge in [0.25, 0.3) is 0 Å². The maximum absolute atomic E-state index is 4.36. The molecule has 102 valence electrons. The van der Waals surface area contributed by atoms with Gasteiger partial charge in [0, 0.05) is 24.3 Å². The van der Waals surface area contributed by atoms with Crippen molar-refractivity contribution in [2.75, 3.05) is 6.54 Å². The molecule has 3 heteroatoms. The molecule has 0 radical (unpaired) electrons. The van der Waals surface area contributed by atoms with Crippen LogP contribution in [-0.2, 0) is 13.5 Å². The van der Waals surface area contributed by atoms with E-state index in [2.05, 4.69) is 55.5 Å². The van der Waals surface area contributed by atoms with E-state index in [4.69, 9.17) is 0 Å². The molecule has 0 aliphatic carbocycles. The van der Waals surface area contributed by atoms with Crippen LogP contribution in [-0.4, -0.2) is 16.3 Å². The van der Waals surface area contributed by atoms with Gasteiger partial charge in [0.2, 0.25) is 0 Å². The van der Waals surface area contributed by atoms with Crippen LogP contribution < -0.4 is 5.32 Å². The lowest BCUT2D eigenvalue weighted by atomic mass is 9.96. The predicted molar refractivity (Wildman–Crippen MR) is 79.2 cm³/mol. The fourth-order valence-corrected chi connectivity index (χ4v) is 2.46. The zero-order valence-electron chi connectivity index (χ0n) is 12.3. The molecule has 0 spiro atoms. The maximum atomic E-state index is 4.36. The first-order valence-corrected chi connectivity index (χ1v) is 6.89. The lowest BCUT2D eigenvalue weighted by Gasteiger charge is -2.19. The summed E-state index contributed by atoms with van der Waals surface area (Å²) >= 11 is 0. The molecular weight excluding hydrogens is 234 g/mol. The van der Waals surface area contributed by atoms with Crippen LogP contribution in [0, 0.1) is 13.8 Å². The number of aromatic nitrogens is 2. The molecule has 0 bridgehead atoms. The van der Waals surface area contributed by atoms with E-state index < -0.39 is 0 Å². The van der Waals surface area contributed by atoms with Crippen LogP contribution in [0.25, 0.3) is 0 Å². The molecule has 2 rings (SSSR count). The van der Waals surface area contributed by atoms with Gasteiger partial charge in [0.1, 0.15) is 0 Å². The van der Waals surface area contributed by atoms with Crippen LogP contribution in [0.3, 0.4) is 0 Å². The highest BCUT2D eigenvalue weighted by atomic mass is 15.3. The Hall–Kier alpha value is -1.61. The van der Waals surface area contributed by atoms with E-state index in [1.807, 2.05) is 17.9 Å². The van der Waals surface area contributed by atoms with Crippen molar-refractivity contribution in [1.82, 2.24) is 15.1 Å². The van der Waals surface area contributed by atoms with Gasteiger partial charge in [-0.05, 0) is 37.9 Å². The quantitative estimate of drug-likeness (QED) is 0.892. The minimum absolute atomic E-state index is 0.333. The van der Waals surface area contributed by atoms with Crippen molar-refractivity contribution in [2.24, 2.45) is 7.05 Å². The number of likely N-dealkylation sites (N-methyl/N-ethyl adjacent to an activating group) is 1. The van der Waals surface area contributed by atoms with Gasteiger partial charge in [-0.1, -0.05) is 31.2 Å². The Morgan fingerprint density at radius 3 is 2.58 bits per heavy atom. The van der Waals surface area contributed by atoms with Crippen molar-refractivity contribution >= 4 is 0 Å². The average molecular weight is 257 g/mol. The Bertz CT molecular complexity index is 543. The third-order valence-corrected chi connectivity index (χ3v) is 3.78. The normalized spacial score (nSPS) is 12.6. The highest BCUT2D eigenvalue weighted by Gasteiger charge is 2.16. The molecule has 0 fully saturated rings. The Balaban J connectivity index is 2.26. The van der Waals surface area contributed by atoms with Crippen LogP contribution in [0.4, 0.5) is 0 Å². The number of nitrogens with one attached hydrogen (secondary N) is 1. The smallest absolute Gasteiger partial charge is 0.0540 e. The first-order chi connectivity index (χ1) is 9.13. The fourth-order valence-electron chi connectivity index (χ4n) is 2.46. The van der Waals surface area contributed by atoms with Gasteiger partial charge in [0.15, 0.2) is 0 Å². The second-order valence-corrected chi connectivity index (χ2v) is 5.05. The van der Waals surface area contributed by atoms with E-state index >= 15 is 0 Å². The van der Waals surface area contributed by atoms with Crippen LogP contribution >= 0.6 is 0 Å². The molecule has 1 aromatic heterocycles. The maximum Gasteiger partial charge on any atom is 0.0540 e. The largest absolute Gasteiger partial charge is 0.310 e. The van der Waals surface area contributed by atoms with Crippen molar-refractivity contribution in [2.45, 2.75) is 33.2 Å². The predicted octanol–water partition coefficient (Wildman–Crippen LogP) is 2.93. The van der Waals surface area contributed by atoms with Crippen molar-refractivity contribution < 1.29 is 0 Å². The number of nitrogens with zero attached hydrogens (tertiary/aromatic N) is 2. The van der Waals surface area contributed by atoms with E-state index in [0.29, 0.717) is 6.04 Å². The molecule has 0 aliphatic heterocycles. The van der Waals surface area contributed by atoms with Gasteiger partial charge in [-0.25, -0.2) is 0 Å². The Labute approximate surface area is 115 Å². The minimum Gasteiger partial charge on any atom is -0.310 e. The molecule has 2 aromatic rings. The van der Waals surface area contributed by atoms with Gasteiger partial charge < -0.3 is 5.32 Å². The SMILES string of the molecule is CCNC(Cc1ccccc1C)c1cnn(C)c1C. The van der Waals surface area contributed by atoms with Crippen LogP contribution in [0.2, 0.25) is 0 Å². The summed E-state index contributed by atoms with van der Waals surface area (Å²) < 4.78 is 1.94. The molecular formula is C16H23N3. The van der Waals surface area contributed by atoms with Crippen molar-refractivity contribution in [3.8, 4) is 0 Å². The fraction of sp³-hybridized carbons (Fsp3) is 0.438. The van der Waals surface area contributed by atoms with Crippen molar-refractivity contribution in [3.05, 3.63) is 52.8 Å². The first-order valence-electron chi connectivity index (χ1n) is 6.89. The zero-order valence-corrected chi connectivity index (χ0v) is 12.3. The van der Waals surface area contributed by atoms with Crippen molar-refractivity contribution in [1.29, 1.82) is 0 Å². The molecule has 1 atom stereocenters. The number of rotatable bonds is 5. The van der Waals surface area contributed by atoms with E-state index in [-0.39, 0.29) is 0 Å². The summed E-state index contributed by atoms with van der Waals surface area (Å²) in [7, 11) is 2.00. The molecule has 3 nitrogen and oxygen atoms in total. The van der Waals surface area contributed by atoms with Crippen molar-refractivity contribution in [3.63, 3.8) is 0 Å². The van der Waals surface area contributed by atoms with E-state index in [0.717, 1.165) is 13.0 Å². The lowest BCUT2D eigenvalue weighted by Crippen LogP contribution is -2.23. The summed E-state index contributed by atoms with van der Waals surface area (Å²) in [6.07, 6.45) is 2.99. The highest BCUT2D eigenvalue weighted by molar-refractivity contribution is 5.29. The molecule has 0 amide bonds. The Morgan fingerprint density at radius 1 is 1.26 bits per heavy atom. The summed E-state index contributed by atoms with van der Waals surface area (Å²) in [5, 5.41) is 7.94. The van der Waals surface area contributed by atoms with Gasteiger partial charge in [-0.2, -0.15) is 5.10 Å². The lowest BCUT2D eigenvalue weighted by molar-refractivity contribution is 0.545. The van der Waals surface area contributed by atoms with Crippen LogP contribution in [0.15, 0.2) is 30.5 Å². The van der Waals surface area contributed by atoms with E-state index in [1.165, 1.54) is 22.4 Å². The Kier molecular flexibility index (Phi) is 4.38. The third kappa shape index (κ3) is 3.04. The average Bonchev–Trinajstić information content (AvgIpc) is 2.72. The Morgan fingerprint density at radius 2 is 2.00 bits per heavy atom. The second kappa shape index (κ2) is 6.02. The second-order valence-electron chi connectivity index (χ2n) is 5.05. The number of hydrogen-bond acceptors (Lipinski definition) is 2. The zero-order chi connectivity index (χ0) is 13.8.